The first kappa shape index (κ1) is 14.7. The lowest BCUT2D eigenvalue weighted by Crippen LogP contribution is -2.37. The zero-order valence-electron chi connectivity index (χ0n) is 11.7. The van der Waals surface area contributed by atoms with Gasteiger partial charge in [0.1, 0.15) is 5.60 Å². The van der Waals surface area contributed by atoms with Gasteiger partial charge in [-0.1, -0.05) is 12.2 Å². The molecule has 0 aromatic heterocycles. The predicted molar refractivity (Wildman–Crippen MR) is 67.9 cm³/mol. The molecule has 0 saturated heterocycles. The first-order valence-corrected chi connectivity index (χ1v) is 6.15. The van der Waals surface area contributed by atoms with E-state index in [1.165, 1.54) is 7.11 Å². The molecule has 0 aromatic carbocycles. The molecular weight excluding hydrogens is 232 g/mol. The molecule has 0 radical (unpaired) electrons. The van der Waals surface area contributed by atoms with Crippen molar-refractivity contribution < 1.29 is 19.1 Å². The standard InChI is InChI=1S/C14H22O4/c1-10-6-7-14(8-10,9-11(15)17-5)12(16)18-13(2,3)4/h1,6-9H2,2-5H3. The van der Waals surface area contributed by atoms with E-state index in [-0.39, 0.29) is 18.4 Å². The van der Waals surface area contributed by atoms with Crippen LogP contribution in [-0.2, 0) is 19.1 Å². The molecule has 4 heteroatoms. The normalized spacial score (nSPS) is 23.9. The molecule has 0 aliphatic heterocycles. The van der Waals surface area contributed by atoms with E-state index >= 15 is 0 Å². The fourth-order valence-electron chi connectivity index (χ4n) is 2.20. The number of ether oxygens (including phenoxy) is 2. The van der Waals surface area contributed by atoms with E-state index in [4.69, 9.17) is 4.74 Å². The Kier molecular flexibility index (Phi) is 4.20. The summed E-state index contributed by atoms with van der Waals surface area (Å²) in [6.45, 7) is 9.36. The molecule has 0 aromatic rings. The van der Waals surface area contributed by atoms with Crippen LogP contribution < -0.4 is 0 Å². The molecule has 0 spiro atoms. The Morgan fingerprint density at radius 3 is 2.39 bits per heavy atom. The van der Waals surface area contributed by atoms with Crippen LogP contribution in [0, 0.1) is 5.41 Å². The Balaban J connectivity index is 2.88. The van der Waals surface area contributed by atoms with E-state index in [0.29, 0.717) is 12.8 Å². The van der Waals surface area contributed by atoms with E-state index in [1.807, 2.05) is 20.8 Å². The number of hydrogen-bond acceptors (Lipinski definition) is 4. The highest BCUT2D eigenvalue weighted by Gasteiger charge is 2.47. The highest BCUT2D eigenvalue weighted by atomic mass is 16.6. The van der Waals surface area contributed by atoms with Crippen LogP contribution in [0.5, 0.6) is 0 Å². The van der Waals surface area contributed by atoms with Gasteiger partial charge in [-0.05, 0) is 40.0 Å². The van der Waals surface area contributed by atoms with Crippen molar-refractivity contribution in [3.63, 3.8) is 0 Å². The van der Waals surface area contributed by atoms with Gasteiger partial charge in [0.15, 0.2) is 0 Å². The molecular formula is C14H22O4. The number of allylic oxidation sites excluding steroid dienone is 1. The molecule has 1 aliphatic rings. The molecule has 1 fully saturated rings. The second kappa shape index (κ2) is 5.12. The maximum Gasteiger partial charge on any atom is 0.313 e. The Hall–Kier alpha value is -1.32. The molecule has 18 heavy (non-hydrogen) atoms. The highest BCUT2D eigenvalue weighted by molar-refractivity contribution is 5.84. The maximum atomic E-state index is 12.3. The number of hydrogen-bond donors (Lipinski definition) is 0. The minimum atomic E-state index is -0.780. The fraction of sp³-hybridized carbons (Fsp3) is 0.714. The molecule has 0 N–H and O–H groups in total. The second-order valence-electron chi connectivity index (χ2n) is 5.96. The van der Waals surface area contributed by atoms with Crippen molar-refractivity contribution in [2.24, 2.45) is 5.41 Å². The summed E-state index contributed by atoms with van der Waals surface area (Å²) in [4.78, 5) is 23.8. The van der Waals surface area contributed by atoms with Gasteiger partial charge in [0, 0.05) is 0 Å². The van der Waals surface area contributed by atoms with E-state index in [9.17, 15) is 9.59 Å². The molecule has 1 aliphatic carbocycles. The summed E-state index contributed by atoms with van der Waals surface area (Å²) >= 11 is 0. The van der Waals surface area contributed by atoms with Crippen LogP contribution >= 0.6 is 0 Å². The van der Waals surface area contributed by atoms with Crippen LogP contribution in [-0.4, -0.2) is 24.6 Å². The SMILES string of the molecule is C=C1CCC(CC(=O)OC)(C(=O)OC(C)(C)C)C1. The summed E-state index contributed by atoms with van der Waals surface area (Å²) in [5.41, 5.74) is -0.341. The maximum absolute atomic E-state index is 12.3. The van der Waals surface area contributed by atoms with Gasteiger partial charge in [-0.3, -0.25) is 9.59 Å². The highest BCUT2D eigenvalue weighted by Crippen LogP contribution is 2.45. The third kappa shape index (κ3) is 3.59. The minimum absolute atomic E-state index is 0.0669. The number of carbonyl (C=O) groups excluding carboxylic acids is 2. The number of carbonyl (C=O) groups is 2. The summed E-state index contributed by atoms with van der Waals surface area (Å²) in [6, 6.07) is 0. The summed E-state index contributed by atoms with van der Waals surface area (Å²) in [7, 11) is 1.33. The van der Waals surface area contributed by atoms with Crippen molar-refractivity contribution in [2.45, 2.75) is 52.1 Å². The summed E-state index contributed by atoms with van der Waals surface area (Å²) in [5, 5.41) is 0. The molecule has 1 rings (SSSR count). The van der Waals surface area contributed by atoms with Gasteiger partial charge < -0.3 is 9.47 Å². The van der Waals surface area contributed by atoms with Gasteiger partial charge >= 0.3 is 11.9 Å². The largest absolute Gasteiger partial charge is 0.469 e. The number of methoxy groups -OCH3 is 1. The van der Waals surface area contributed by atoms with Crippen LogP contribution in [0.1, 0.15) is 46.5 Å². The van der Waals surface area contributed by atoms with Gasteiger partial charge in [0.05, 0.1) is 18.9 Å². The topological polar surface area (TPSA) is 52.6 Å². The Bertz CT molecular complexity index is 364. The lowest BCUT2D eigenvalue weighted by Gasteiger charge is -2.30. The first-order valence-electron chi connectivity index (χ1n) is 6.15. The van der Waals surface area contributed by atoms with Crippen molar-refractivity contribution >= 4 is 11.9 Å². The van der Waals surface area contributed by atoms with Crippen molar-refractivity contribution in [3.8, 4) is 0 Å². The number of rotatable bonds is 3. The van der Waals surface area contributed by atoms with E-state index in [1.54, 1.807) is 0 Å². The van der Waals surface area contributed by atoms with Crippen LogP contribution in [0.15, 0.2) is 12.2 Å². The first-order chi connectivity index (χ1) is 8.18. The van der Waals surface area contributed by atoms with Crippen molar-refractivity contribution in [3.05, 3.63) is 12.2 Å². The molecule has 1 unspecified atom stereocenters. The van der Waals surface area contributed by atoms with Crippen LogP contribution in [0.2, 0.25) is 0 Å². The van der Waals surface area contributed by atoms with E-state index in [0.717, 1.165) is 12.0 Å². The average molecular weight is 254 g/mol. The molecule has 0 bridgehead atoms. The van der Waals surface area contributed by atoms with Crippen LogP contribution in [0.3, 0.4) is 0 Å². The smallest absolute Gasteiger partial charge is 0.313 e. The Morgan fingerprint density at radius 1 is 1.39 bits per heavy atom. The zero-order valence-corrected chi connectivity index (χ0v) is 11.7. The van der Waals surface area contributed by atoms with Gasteiger partial charge in [-0.25, -0.2) is 0 Å². The van der Waals surface area contributed by atoms with Gasteiger partial charge in [0.2, 0.25) is 0 Å². The minimum Gasteiger partial charge on any atom is -0.469 e. The molecule has 102 valence electrons. The molecule has 0 heterocycles. The Morgan fingerprint density at radius 2 is 2.00 bits per heavy atom. The molecule has 0 amide bonds. The van der Waals surface area contributed by atoms with Crippen molar-refractivity contribution in [1.82, 2.24) is 0 Å². The number of esters is 2. The van der Waals surface area contributed by atoms with E-state index in [2.05, 4.69) is 11.3 Å². The van der Waals surface area contributed by atoms with Gasteiger partial charge in [-0.2, -0.15) is 0 Å². The van der Waals surface area contributed by atoms with Gasteiger partial charge in [-0.15, -0.1) is 0 Å². The van der Waals surface area contributed by atoms with Crippen LogP contribution in [0.25, 0.3) is 0 Å². The monoisotopic (exact) mass is 254 g/mol. The molecule has 1 atom stereocenters. The lowest BCUT2D eigenvalue weighted by atomic mass is 9.82. The lowest BCUT2D eigenvalue weighted by molar-refractivity contribution is -0.171. The second-order valence-corrected chi connectivity index (χ2v) is 5.96. The summed E-state index contributed by atoms with van der Waals surface area (Å²) in [5.74, 6) is -0.699. The summed E-state index contributed by atoms with van der Waals surface area (Å²) < 4.78 is 10.1. The van der Waals surface area contributed by atoms with Gasteiger partial charge in [0.25, 0.3) is 0 Å². The predicted octanol–water partition coefficient (Wildman–Crippen LogP) is 2.62. The zero-order chi connectivity index (χ0) is 14.0. The van der Waals surface area contributed by atoms with Crippen molar-refractivity contribution in [1.29, 1.82) is 0 Å². The third-order valence-electron chi connectivity index (χ3n) is 3.09. The molecule has 4 nitrogen and oxygen atoms in total. The average Bonchev–Trinajstić information content (AvgIpc) is 2.58. The quantitative estimate of drug-likeness (QED) is 0.574. The Labute approximate surface area is 108 Å². The fourth-order valence-corrected chi connectivity index (χ4v) is 2.20. The van der Waals surface area contributed by atoms with Crippen LogP contribution in [0.4, 0.5) is 0 Å². The summed E-state index contributed by atoms with van der Waals surface area (Å²) in [6.07, 6.45) is 1.94. The van der Waals surface area contributed by atoms with E-state index < -0.39 is 11.0 Å². The molecule has 1 saturated carbocycles. The third-order valence-corrected chi connectivity index (χ3v) is 3.09. The van der Waals surface area contributed by atoms with Crippen molar-refractivity contribution in [2.75, 3.05) is 7.11 Å².